The largest absolute Gasteiger partial charge is 0.296 e. The maximum Gasteiger partial charge on any atom is 0.226 e. The Morgan fingerprint density at radius 2 is 1.00 bits per heavy atom. The molecule has 0 saturated heterocycles. The summed E-state index contributed by atoms with van der Waals surface area (Å²) in [6, 6.07) is 11.8. The molecule has 100 valence electrons. The zero-order chi connectivity index (χ0) is 14.2. The highest BCUT2D eigenvalue weighted by atomic mass is 35.7. The second-order valence-corrected chi connectivity index (χ2v) is 8.40. The molecular formula is C16H18ClOP. The summed E-state index contributed by atoms with van der Waals surface area (Å²) < 4.78 is 13.3. The van der Waals surface area contributed by atoms with E-state index in [1.165, 1.54) is 0 Å². The van der Waals surface area contributed by atoms with E-state index in [0.29, 0.717) is 0 Å². The van der Waals surface area contributed by atoms with Gasteiger partial charge in [0, 0.05) is 10.6 Å². The normalized spacial score (nSPS) is 11.6. The maximum absolute atomic E-state index is 13.3. The average molecular weight is 293 g/mol. The average Bonchev–Trinajstić information content (AvgIpc) is 2.27. The predicted molar refractivity (Wildman–Crippen MR) is 84.6 cm³/mol. The summed E-state index contributed by atoms with van der Waals surface area (Å²) >= 11 is 6.56. The van der Waals surface area contributed by atoms with Crippen LogP contribution in [-0.4, -0.2) is 0 Å². The SMILES string of the molecule is Cc1cccc(C)c1P(=O)(Cl)c1c(C)cccc1C. The first-order chi connectivity index (χ1) is 8.85. The fourth-order valence-electron chi connectivity index (χ4n) is 2.63. The van der Waals surface area contributed by atoms with Crippen molar-refractivity contribution in [1.29, 1.82) is 0 Å². The zero-order valence-corrected chi connectivity index (χ0v) is 13.3. The van der Waals surface area contributed by atoms with Gasteiger partial charge in [-0.1, -0.05) is 36.4 Å². The lowest BCUT2D eigenvalue weighted by molar-refractivity contribution is 0.595. The van der Waals surface area contributed by atoms with Crippen LogP contribution in [0, 0.1) is 27.7 Å². The Morgan fingerprint density at radius 1 is 0.737 bits per heavy atom. The lowest BCUT2D eigenvalue weighted by Crippen LogP contribution is -2.21. The molecule has 2 aromatic carbocycles. The van der Waals surface area contributed by atoms with E-state index in [4.69, 9.17) is 11.2 Å². The van der Waals surface area contributed by atoms with Gasteiger partial charge in [0.1, 0.15) is 0 Å². The maximum atomic E-state index is 13.3. The number of hydrogen-bond donors (Lipinski definition) is 0. The fraction of sp³-hybridized carbons (Fsp3) is 0.250. The Balaban J connectivity index is 2.77. The van der Waals surface area contributed by atoms with Crippen molar-refractivity contribution in [2.45, 2.75) is 27.7 Å². The molecule has 0 aliphatic heterocycles. The van der Waals surface area contributed by atoms with Crippen LogP contribution in [-0.2, 0) is 4.57 Å². The predicted octanol–water partition coefficient (Wildman–Crippen LogP) is 4.39. The smallest absolute Gasteiger partial charge is 0.226 e. The molecule has 0 aliphatic carbocycles. The third kappa shape index (κ3) is 2.50. The molecule has 2 aromatic rings. The molecule has 0 heterocycles. The molecule has 19 heavy (non-hydrogen) atoms. The first-order valence-electron chi connectivity index (χ1n) is 6.29. The third-order valence-corrected chi connectivity index (χ3v) is 7.03. The summed E-state index contributed by atoms with van der Waals surface area (Å²) in [6.07, 6.45) is 0. The molecule has 0 aliphatic rings. The van der Waals surface area contributed by atoms with Crippen LogP contribution in [0.4, 0.5) is 0 Å². The third-order valence-electron chi connectivity index (χ3n) is 3.45. The van der Waals surface area contributed by atoms with Crippen LogP contribution in [0.5, 0.6) is 0 Å². The first-order valence-corrected chi connectivity index (χ1v) is 8.90. The number of halogens is 1. The second kappa shape index (κ2) is 5.15. The topological polar surface area (TPSA) is 17.1 Å². The minimum absolute atomic E-state index is 0.786. The molecule has 0 fully saturated rings. The molecule has 0 spiro atoms. The minimum Gasteiger partial charge on any atom is -0.296 e. The number of benzene rings is 2. The van der Waals surface area contributed by atoms with Crippen LogP contribution < -0.4 is 10.6 Å². The standard InChI is InChI=1S/C16H18ClOP/c1-11-7-5-8-12(2)15(11)19(17,18)16-13(3)9-6-10-14(16)4/h5-10H,1-4H3. The van der Waals surface area contributed by atoms with Gasteiger partial charge in [0.05, 0.1) is 0 Å². The summed E-state index contributed by atoms with van der Waals surface area (Å²) in [7, 11) is 0. The van der Waals surface area contributed by atoms with E-state index in [1.54, 1.807) is 0 Å². The van der Waals surface area contributed by atoms with E-state index in [2.05, 4.69) is 0 Å². The van der Waals surface area contributed by atoms with Crippen molar-refractivity contribution in [3.63, 3.8) is 0 Å². The van der Waals surface area contributed by atoms with Gasteiger partial charge in [0.25, 0.3) is 0 Å². The van der Waals surface area contributed by atoms with Crippen molar-refractivity contribution in [3.05, 3.63) is 58.7 Å². The van der Waals surface area contributed by atoms with E-state index < -0.39 is 6.49 Å². The van der Waals surface area contributed by atoms with Crippen LogP contribution in [0.1, 0.15) is 22.3 Å². The molecule has 3 heteroatoms. The fourth-order valence-corrected chi connectivity index (χ4v) is 6.57. The molecule has 0 saturated carbocycles. The summed E-state index contributed by atoms with van der Waals surface area (Å²) in [5.74, 6) is 0. The highest BCUT2D eigenvalue weighted by molar-refractivity contribution is 8.00. The summed E-state index contributed by atoms with van der Waals surface area (Å²) in [4.78, 5) is 0. The molecular weight excluding hydrogens is 275 g/mol. The Morgan fingerprint density at radius 3 is 1.26 bits per heavy atom. The molecule has 1 nitrogen and oxygen atoms in total. The number of rotatable bonds is 2. The van der Waals surface area contributed by atoms with Gasteiger partial charge in [-0.2, -0.15) is 0 Å². The van der Waals surface area contributed by atoms with Gasteiger partial charge < -0.3 is 0 Å². The lowest BCUT2D eigenvalue weighted by Gasteiger charge is -2.20. The van der Waals surface area contributed by atoms with Gasteiger partial charge in [-0.3, -0.25) is 4.57 Å². The highest BCUT2D eigenvalue weighted by Crippen LogP contribution is 2.51. The van der Waals surface area contributed by atoms with E-state index in [0.717, 1.165) is 32.9 Å². The van der Waals surface area contributed by atoms with Crippen LogP contribution in [0.25, 0.3) is 0 Å². The zero-order valence-electron chi connectivity index (χ0n) is 11.7. The van der Waals surface area contributed by atoms with Crippen LogP contribution >= 0.6 is 17.7 Å². The molecule has 0 bridgehead atoms. The Bertz CT molecular complexity index is 580. The second-order valence-electron chi connectivity index (χ2n) is 5.01. The Labute approximate surface area is 119 Å². The van der Waals surface area contributed by atoms with Gasteiger partial charge >= 0.3 is 0 Å². The van der Waals surface area contributed by atoms with Gasteiger partial charge in [-0.25, -0.2) is 0 Å². The highest BCUT2D eigenvalue weighted by Gasteiger charge is 2.30. The summed E-state index contributed by atoms with van der Waals surface area (Å²) in [5, 5.41) is 1.57. The van der Waals surface area contributed by atoms with E-state index in [9.17, 15) is 4.57 Å². The summed E-state index contributed by atoms with van der Waals surface area (Å²) in [5.41, 5.74) is 3.95. The molecule has 0 amide bonds. The van der Waals surface area contributed by atoms with E-state index >= 15 is 0 Å². The van der Waals surface area contributed by atoms with Crippen molar-refractivity contribution < 1.29 is 4.57 Å². The quantitative estimate of drug-likeness (QED) is 0.750. The molecule has 0 N–H and O–H groups in total. The Hall–Kier alpha value is -1.04. The van der Waals surface area contributed by atoms with E-state index in [-0.39, 0.29) is 0 Å². The van der Waals surface area contributed by atoms with E-state index in [1.807, 2.05) is 64.1 Å². The van der Waals surface area contributed by atoms with Gasteiger partial charge in [0.2, 0.25) is 6.49 Å². The van der Waals surface area contributed by atoms with Crippen LogP contribution in [0.2, 0.25) is 0 Å². The van der Waals surface area contributed by atoms with Gasteiger partial charge in [0.15, 0.2) is 0 Å². The van der Waals surface area contributed by atoms with Crippen molar-refractivity contribution in [2.75, 3.05) is 0 Å². The number of hydrogen-bond acceptors (Lipinski definition) is 1. The van der Waals surface area contributed by atoms with Crippen molar-refractivity contribution in [2.24, 2.45) is 0 Å². The molecule has 0 aromatic heterocycles. The van der Waals surface area contributed by atoms with Crippen LogP contribution in [0.3, 0.4) is 0 Å². The molecule has 0 unspecified atom stereocenters. The molecule has 0 atom stereocenters. The minimum atomic E-state index is -3.08. The van der Waals surface area contributed by atoms with Crippen molar-refractivity contribution in [3.8, 4) is 0 Å². The van der Waals surface area contributed by atoms with Gasteiger partial charge in [-0.15, -0.1) is 0 Å². The van der Waals surface area contributed by atoms with Gasteiger partial charge in [-0.05, 0) is 61.2 Å². The summed E-state index contributed by atoms with van der Waals surface area (Å²) in [6.45, 7) is 4.78. The van der Waals surface area contributed by atoms with Crippen molar-refractivity contribution in [1.82, 2.24) is 0 Å². The first kappa shape index (κ1) is 14.4. The van der Waals surface area contributed by atoms with Crippen molar-refractivity contribution >= 4 is 28.3 Å². The number of aryl methyl sites for hydroxylation is 4. The Kier molecular flexibility index (Phi) is 3.90. The monoisotopic (exact) mass is 292 g/mol. The lowest BCUT2D eigenvalue weighted by atomic mass is 10.1. The van der Waals surface area contributed by atoms with Crippen LogP contribution in [0.15, 0.2) is 36.4 Å². The molecule has 2 rings (SSSR count). The molecule has 0 radical (unpaired) electrons.